The Kier molecular flexibility index (Phi) is 7.31. The largest absolute Gasteiger partial charge is 0.463 e. The van der Waals surface area contributed by atoms with Gasteiger partial charge >= 0.3 is 12.0 Å². The number of amides is 3. The highest BCUT2D eigenvalue weighted by Crippen LogP contribution is 2.36. The van der Waals surface area contributed by atoms with Gasteiger partial charge in [-0.2, -0.15) is 0 Å². The molecule has 1 atom stereocenters. The number of nitrogens with zero attached hydrogens (tertiary/aromatic N) is 1. The fraction of sp³-hybridized carbons (Fsp3) is 0.148. The summed E-state index contributed by atoms with van der Waals surface area (Å²) in [6.07, 6.45) is 0. The summed E-state index contributed by atoms with van der Waals surface area (Å²) in [5.41, 5.74) is 3.35. The molecule has 3 amide bonds. The van der Waals surface area contributed by atoms with Crippen molar-refractivity contribution in [3.05, 3.63) is 106 Å². The number of hydrogen-bond acceptors (Lipinski definition) is 4. The minimum absolute atomic E-state index is 0.204. The third kappa shape index (κ3) is 5.27. The van der Waals surface area contributed by atoms with Crippen molar-refractivity contribution in [3.63, 3.8) is 0 Å². The van der Waals surface area contributed by atoms with Gasteiger partial charge in [-0.25, -0.2) is 9.59 Å². The Bertz CT molecular complexity index is 1290. The minimum atomic E-state index is -0.720. The molecule has 7 nitrogen and oxygen atoms in total. The van der Waals surface area contributed by atoms with Crippen LogP contribution in [-0.2, 0) is 9.53 Å². The van der Waals surface area contributed by atoms with Crippen molar-refractivity contribution in [1.82, 2.24) is 10.2 Å². The van der Waals surface area contributed by atoms with Gasteiger partial charge in [0.2, 0.25) is 0 Å². The van der Waals surface area contributed by atoms with Crippen LogP contribution in [0.1, 0.15) is 34.5 Å². The summed E-state index contributed by atoms with van der Waals surface area (Å²) in [5.74, 6) is -0.750. The zero-order valence-electron chi connectivity index (χ0n) is 19.2. The number of esters is 1. The van der Waals surface area contributed by atoms with E-state index in [9.17, 15) is 14.4 Å². The highest BCUT2D eigenvalue weighted by Gasteiger charge is 2.37. The van der Waals surface area contributed by atoms with Crippen LogP contribution in [0.25, 0.3) is 5.70 Å². The van der Waals surface area contributed by atoms with E-state index in [2.05, 4.69) is 26.6 Å². The van der Waals surface area contributed by atoms with E-state index in [1.54, 1.807) is 56.4 Å². The molecule has 35 heavy (non-hydrogen) atoms. The van der Waals surface area contributed by atoms with Crippen molar-refractivity contribution >= 4 is 45.2 Å². The first-order valence-corrected chi connectivity index (χ1v) is 11.9. The molecule has 4 rings (SSSR count). The molecule has 2 N–H and O–H groups in total. The van der Waals surface area contributed by atoms with Crippen LogP contribution < -0.4 is 10.6 Å². The van der Waals surface area contributed by atoms with Gasteiger partial charge in [0.1, 0.15) is 0 Å². The molecule has 178 valence electrons. The summed E-state index contributed by atoms with van der Waals surface area (Å²) < 4.78 is 6.18. The van der Waals surface area contributed by atoms with E-state index in [1.165, 1.54) is 4.90 Å². The molecular weight excluding hydrogens is 510 g/mol. The standard InChI is InChI=1S/C27H24BrN3O4/c1-3-35-26(33)22-23(30-27(34)31(2)24(22)18-8-5-4-6-9-18)17-12-14-21(15-13-17)29-25(32)19-10-7-11-20(28)16-19/h4-16,23H,3H2,1-2H3,(H,29,32)(H,30,34). The molecule has 0 saturated carbocycles. The number of carbonyl (C=O) groups excluding carboxylic acids is 3. The van der Waals surface area contributed by atoms with Gasteiger partial charge in [-0.3, -0.25) is 9.69 Å². The van der Waals surface area contributed by atoms with E-state index in [-0.39, 0.29) is 18.5 Å². The Morgan fingerprint density at radius 3 is 2.40 bits per heavy atom. The molecule has 0 fully saturated rings. The summed E-state index contributed by atoms with van der Waals surface area (Å²) in [6.45, 7) is 1.94. The first-order valence-electron chi connectivity index (χ1n) is 11.1. The van der Waals surface area contributed by atoms with Gasteiger partial charge in [-0.05, 0) is 48.4 Å². The fourth-order valence-electron chi connectivity index (χ4n) is 3.92. The van der Waals surface area contributed by atoms with Crippen LogP contribution in [0.3, 0.4) is 0 Å². The minimum Gasteiger partial charge on any atom is -0.463 e. The van der Waals surface area contributed by atoms with Gasteiger partial charge in [0.15, 0.2) is 0 Å². The second kappa shape index (κ2) is 10.6. The number of urea groups is 1. The second-order valence-electron chi connectivity index (χ2n) is 7.88. The van der Waals surface area contributed by atoms with Crippen LogP contribution in [0.15, 0.2) is 88.9 Å². The lowest BCUT2D eigenvalue weighted by Crippen LogP contribution is -2.46. The normalized spacial score (nSPS) is 15.5. The van der Waals surface area contributed by atoms with Gasteiger partial charge < -0.3 is 15.4 Å². The van der Waals surface area contributed by atoms with Gasteiger partial charge in [0.05, 0.1) is 23.9 Å². The average Bonchev–Trinajstić information content (AvgIpc) is 2.86. The molecule has 1 unspecified atom stereocenters. The maximum absolute atomic E-state index is 13.1. The summed E-state index contributed by atoms with van der Waals surface area (Å²) in [4.78, 5) is 40.0. The highest BCUT2D eigenvalue weighted by atomic mass is 79.9. The number of carbonyl (C=O) groups is 3. The number of halogens is 1. The summed E-state index contributed by atoms with van der Waals surface area (Å²) >= 11 is 3.37. The maximum Gasteiger partial charge on any atom is 0.338 e. The first kappa shape index (κ1) is 24.2. The second-order valence-corrected chi connectivity index (χ2v) is 8.79. The average molecular weight is 534 g/mol. The van der Waals surface area contributed by atoms with Gasteiger partial charge in [-0.1, -0.05) is 64.5 Å². The van der Waals surface area contributed by atoms with E-state index in [1.807, 2.05) is 36.4 Å². The predicted octanol–water partition coefficient (Wildman–Crippen LogP) is 5.37. The lowest BCUT2D eigenvalue weighted by Gasteiger charge is -2.34. The highest BCUT2D eigenvalue weighted by molar-refractivity contribution is 9.10. The van der Waals surface area contributed by atoms with E-state index >= 15 is 0 Å². The molecule has 0 aromatic heterocycles. The Morgan fingerprint density at radius 1 is 1.03 bits per heavy atom. The van der Waals surface area contributed by atoms with Gasteiger partial charge in [-0.15, -0.1) is 0 Å². The number of anilines is 1. The molecule has 0 spiro atoms. The van der Waals surface area contributed by atoms with Crippen molar-refractivity contribution in [2.45, 2.75) is 13.0 Å². The Morgan fingerprint density at radius 2 is 1.74 bits per heavy atom. The van der Waals surface area contributed by atoms with Crippen LogP contribution >= 0.6 is 15.9 Å². The molecule has 3 aromatic carbocycles. The van der Waals surface area contributed by atoms with Gasteiger partial charge in [0.25, 0.3) is 5.91 Å². The van der Waals surface area contributed by atoms with E-state index in [0.29, 0.717) is 28.1 Å². The number of benzene rings is 3. The molecule has 0 saturated heterocycles. The molecule has 1 aliphatic rings. The van der Waals surface area contributed by atoms with Crippen molar-refractivity contribution in [2.24, 2.45) is 0 Å². The van der Waals surface area contributed by atoms with Crippen molar-refractivity contribution < 1.29 is 19.1 Å². The molecule has 3 aromatic rings. The maximum atomic E-state index is 13.1. The monoisotopic (exact) mass is 533 g/mol. The lowest BCUT2D eigenvalue weighted by atomic mass is 9.92. The number of rotatable bonds is 6. The van der Waals surface area contributed by atoms with Crippen molar-refractivity contribution in [1.29, 1.82) is 0 Å². The molecule has 0 radical (unpaired) electrons. The summed E-state index contributed by atoms with van der Waals surface area (Å²) in [7, 11) is 1.62. The molecule has 0 bridgehead atoms. The van der Waals surface area contributed by atoms with E-state index in [4.69, 9.17) is 4.74 Å². The number of ether oxygens (including phenoxy) is 1. The molecule has 1 heterocycles. The topological polar surface area (TPSA) is 87.7 Å². The zero-order chi connectivity index (χ0) is 24.9. The van der Waals surface area contributed by atoms with Crippen molar-refractivity contribution in [3.8, 4) is 0 Å². The molecule has 8 heteroatoms. The Hall–Kier alpha value is -3.91. The zero-order valence-corrected chi connectivity index (χ0v) is 20.8. The van der Waals surface area contributed by atoms with Crippen LogP contribution in [-0.4, -0.2) is 36.5 Å². The fourth-order valence-corrected chi connectivity index (χ4v) is 4.32. The third-order valence-electron chi connectivity index (χ3n) is 5.58. The molecule has 0 aliphatic carbocycles. The summed E-state index contributed by atoms with van der Waals surface area (Å²) in [6, 6.07) is 22.3. The van der Waals surface area contributed by atoms with E-state index < -0.39 is 12.0 Å². The van der Waals surface area contributed by atoms with Crippen LogP contribution in [0, 0.1) is 0 Å². The molecular formula is C27H24BrN3O4. The summed E-state index contributed by atoms with van der Waals surface area (Å²) in [5, 5.41) is 5.76. The predicted molar refractivity (Wildman–Crippen MR) is 138 cm³/mol. The Labute approximate surface area is 211 Å². The van der Waals surface area contributed by atoms with Crippen LogP contribution in [0.5, 0.6) is 0 Å². The quantitative estimate of drug-likeness (QED) is 0.417. The third-order valence-corrected chi connectivity index (χ3v) is 6.08. The van der Waals surface area contributed by atoms with Gasteiger partial charge in [0, 0.05) is 22.8 Å². The first-order chi connectivity index (χ1) is 16.9. The lowest BCUT2D eigenvalue weighted by molar-refractivity contribution is -0.138. The van der Waals surface area contributed by atoms with E-state index in [0.717, 1.165) is 10.0 Å². The number of hydrogen-bond donors (Lipinski definition) is 2. The number of nitrogens with one attached hydrogen (secondary N) is 2. The van der Waals surface area contributed by atoms with Crippen LogP contribution in [0.2, 0.25) is 0 Å². The van der Waals surface area contributed by atoms with Crippen molar-refractivity contribution in [2.75, 3.05) is 19.0 Å². The Balaban J connectivity index is 1.69. The molecule has 1 aliphatic heterocycles. The SMILES string of the molecule is CCOC(=O)C1=C(c2ccccc2)N(C)C(=O)NC1c1ccc(NC(=O)c2cccc(Br)c2)cc1. The van der Waals surface area contributed by atoms with Crippen LogP contribution in [0.4, 0.5) is 10.5 Å². The smallest absolute Gasteiger partial charge is 0.338 e.